The van der Waals surface area contributed by atoms with Gasteiger partial charge in [0.1, 0.15) is 5.82 Å². The number of likely N-dealkylation sites (N-methyl/N-ethyl adjacent to an activating group) is 1. The molecule has 1 aliphatic carbocycles. The van der Waals surface area contributed by atoms with Gasteiger partial charge in [0.25, 0.3) is 0 Å². The largest absolute Gasteiger partial charge is 0.373 e. The Hall–Kier alpha value is -1.00. The molecule has 1 aromatic heterocycles. The smallest absolute Gasteiger partial charge is 0.146 e. The van der Waals surface area contributed by atoms with Crippen molar-refractivity contribution >= 4 is 0 Å². The molecular weight excluding hydrogens is 231 g/mol. The fraction of sp³-hybridized carbons (Fsp3) is 0.643. The Morgan fingerprint density at radius 1 is 1.50 bits per heavy atom. The van der Waals surface area contributed by atoms with Crippen molar-refractivity contribution in [2.45, 2.75) is 44.2 Å². The van der Waals surface area contributed by atoms with Crippen LogP contribution in [0.15, 0.2) is 18.5 Å². The maximum Gasteiger partial charge on any atom is 0.146 e. The average molecular weight is 252 g/mol. The molecule has 1 heterocycles. The number of aromatic nitrogens is 1. The number of nitrogens with zero attached hydrogens (tertiary/aromatic N) is 1. The molecule has 0 saturated heterocycles. The quantitative estimate of drug-likeness (QED) is 0.875. The van der Waals surface area contributed by atoms with E-state index in [2.05, 4.69) is 10.3 Å². The van der Waals surface area contributed by atoms with Gasteiger partial charge in [0.15, 0.2) is 0 Å². The van der Waals surface area contributed by atoms with Gasteiger partial charge in [0, 0.05) is 18.4 Å². The monoisotopic (exact) mass is 252 g/mol. The highest BCUT2D eigenvalue weighted by Gasteiger charge is 2.43. The van der Waals surface area contributed by atoms with Crippen molar-refractivity contribution in [1.29, 1.82) is 0 Å². The standard InChI is InChI=1S/C14H21FN2O/c1-3-18-14(7-4-5-8-14)13(16-2)11-6-9-17-10-12(11)15/h6,9-10,13,16H,3-5,7-8H2,1-2H3. The Bertz CT molecular complexity index is 391. The molecule has 1 unspecified atom stereocenters. The highest BCUT2D eigenvalue weighted by molar-refractivity contribution is 5.22. The molecule has 0 radical (unpaired) electrons. The first-order chi connectivity index (χ1) is 8.73. The predicted molar refractivity (Wildman–Crippen MR) is 68.8 cm³/mol. The van der Waals surface area contributed by atoms with E-state index < -0.39 is 0 Å². The Labute approximate surface area is 108 Å². The van der Waals surface area contributed by atoms with E-state index in [0.717, 1.165) is 25.7 Å². The zero-order chi connectivity index (χ0) is 13.0. The molecule has 100 valence electrons. The number of nitrogens with one attached hydrogen (secondary N) is 1. The van der Waals surface area contributed by atoms with E-state index in [4.69, 9.17) is 4.74 Å². The second-order valence-electron chi connectivity index (χ2n) is 4.82. The van der Waals surface area contributed by atoms with Crippen molar-refractivity contribution in [1.82, 2.24) is 10.3 Å². The molecule has 0 amide bonds. The second kappa shape index (κ2) is 5.76. The van der Waals surface area contributed by atoms with E-state index in [1.165, 1.54) is 6.20 Å². The van der Waals surface area contributed by atoms with Gasteiger partial charge in [-0.15, -0.1) is 0 Å². The maximum absolute atomic E-state index is 13.9. The summed E-state index contributed by atoms with van der Waals surface area (Å²) < 4.78 is 19.9. The number of rotatable bonds is 5. The predicted octanol–water partition coefficient (Wildman–Crippen LogP) is 2.83. The van der Waals surface area contributed by atoms with E-state index >= 15 is 0 Å². The fourth-order valence-electron chi connectivity index (χ4n) is 3.10. The Balaban J connectivity index is 2.34. The zero-order valence-electron chi connectivity index (χ0n) is 11.1. The highest BCUT2D eigenvalue weighted by atomic mass is 19.1. The molecule has 1 saturated carbocycles. The van der Waals surface area contributed by atoms with Gasteiger partial charge in [-0.05, 0) is 32.9 Å². The van der Waals surface area contributed by atoms with Crippen molar-refractivity contribution < 1.29 is 9.13 Å². The van der Waals surface area contributed by atoms with Crippen LogP contribution in [0.3, 0.4) is 0 Å². The molecule has 3 nitrogen and oxygen atoms in total. The average Bonchev–Trinajstić information content (AvgIpc) is 2.82. The van der Waals surface area contributed by atoms with Crippen molar-refractivity contribution in [2.75, 3.05) is 13.7 Å². The minimum Gasteiger partial charge on any atom is -0.373 e. The Kier molecular flexibility index (Phi) is 4.30. The van der Waals surface area contributed by atoms with Crippen molar-refractivity contribution in [3.8, 4) is 0 Å². The SMILES string of the molecule is CCOC1(C(NC)c2ccncc2F)CCCC1. The van der Waals surface area contributed by atoms with E-state index in [1.807, 2.05) is 14.0 Å². The van der Waals surface area contributed by atoms with Crippen LogP contribution in [-0.2, 0) is 4.74 Å². The third-order valence-corrected chi connectivity index (χ3v) is 3.81. The van der Waals surface area contributed by atoms with Crippen LogP contribution in [0.1, 0.15) is 44.2 Å². The molecular formula is C14H21FN2O. The lowest BCUT2D eigenvalue weighted by Crippen LogP contribution is -2.43. The normalized spacial score (nSPS) is 19.9. The lowest BCUT2D eigenvalue weighted by molar-refractivity contribution is -0.0617. The van der Waals surface area contributed by atoms with Gasteiger partial charge < -0.3 is 10.1 Å². The van der Waals surface area contributed by atoms with Crippen molar-refractivity contribution in [3.63, 3.8) is 0 Å². The molecule has 1 aromatic rings. The summed E-state index contributed by atoms with van der Waals surface area (Å²) in [6.07, 6.45) is 7.16. The van der Waals surface area contributed by atoms with Crippen molar-refractivity contribution in [2.24, 2.45) is 0 Å². The summed E-state index contributed by atoms with van der Waals surface area (Å²) in [4.78, 5) is 3.81. The number of pyridine rings is 1. The van der Waals surface area contributed by atoms with Crippen molar-refractivity contribution in [3.05, 3.63) is 29.8 Å². The van der Waals surface area contributed by atoms with Gasteiger partial charge >= 0.3 is 0 Å². The number of hydrogen-bond donors (Lipinski definition) is 1. The minimum absolute atomic E-state index is 0.108. The first kappa shape index (κ1) is 13.4. The van der Waals surface area contributed by atoms with Gasteiger partial charge in [-0.2, -0.15) is 0 Å². The molecule has 0 bridgehead atoms. The molecule has 2 rings (SSSR count). The molecule has 1 aliphatic rings. The van der Waals surface area contributed by atoms with Crippen LogP contribution in [-0.4, -0.2) is 24.2 Å². The van der Waals surface area contributed by atoms with E-state index in [1.54, 1.807) is 12.3 Å². The van der Waals surface area contributed by atoms with Gasteiger partial charge in [-0.25, -0.2) is 4.39 Å². The molecule has 0 spiro atoms. The second-order valence-corrected chi connectivity index (χ2v) is 4.82. The van der Waals surface area contributed by atoms with E-state index in [0.29, 0.717) is 12.2 Å². The van der Waals surface area contributed by atoms with Crippen LogP contribution >= 0.6 is 0 Å². The third-order valence-electron chi connectivity index (χ3n) is 3.81. The molecule has 1 atom stereocenters. The van der Waals surface area contributed by atoms with E-state index in [9.17, 15) is 4.39 Å². The summed E-state index contributed by atoms with van der Waals surface area (Å²) in [6.45, 7) is 2.65. The number of halogens is 1. The van der Waals surface area contributed by atoms with Gasteiger partial charge in [-0.3, -0.25) is 4.98 Å². The van der Waals surface area contributed by atoms with Gasteiger partial charge in [0.2, 0.25) is 0 Å². The Morgan fingerprint density at radius 3 is 2.78 bits per heavy atom. The molecule has 18 heavy (non-hydrogen) atoms. The van der Waals surface area contributed by atoms with Crippen LogP contribution in [0, 0.1) is 5.82 Å². The lowest BCUT2D eigenvalue weighted by Gasteiger charge is -2.37. The van der Waals surface area contributed by atoms with Crippen LogP contribution < -0.4 is 5.32 Å². The lowest BCUT2D eigenvalue weighted by atomic mass is 9.87. The first-order valence-electron chi connectivity index (χ1n) is 6.64. The number of ether oxygens (including phenoxy) is 1. The summed E-state index contributed by atoms with van der Waals surface area (Å²) in [5, 5.41) is 3.23. The first-order valence-corrected chi connectivity index (χ1v) is 6.64. The third kappa shape index (κ3) is 2.40. The molecule has 0 aromatic carbocycles. The summed E-state index contributed by atoms with van der Waals surface area (Å²) in [5.41, 5.74) is 0.383. The van der Waals surface area contributed by atoms with Gasteiger partial charge in [-0.1, -0.05) is 12.8 Å². The van der Waals surface area contributed by atoms with Crippen LogP contribution in [0.2, 0.25) is 0 Å². The highest BCUT2D eigenvalue weighted by Crippen LogP contribution is 2.43. The van der Waals surface area contributed by atoms with E-state index in [-0.39, 0.29) is 17.5 Å². The molecule has 1 fully saturated rings. The summed E-state index contributed by atoms with van der Waals surface area (Å²) in [6, 6.07) is 1.64. The van der Waals surface area contributed by atoms with Crippen LogP contribution in [0.4, 0.5) is 4.39 Å². The molecule has 4 heteroatoms. The number of hydrogen-bond acceptors (Lipinski definition) is 3. The summed E-state index contributed by atoms with van der Waals surface area (Å²) in [7, 11) is 1.86. The minimum atomic E-state index is -0.272. The molecule has 0 aliphatic heterocycles. The zero-order valence-corrected chi connectivity index (χ0v) is 11.1. The topological polar surface area (TPSA) is 34.1 Å². The van der Waals surface area contributed by atoms with Crippen LogP contribution in [0.25, 0.3) is 0 Å². The van der Waals surface area contributed by atoms with Gasteiger partial charge in [0.05, 0.1) is 17.8 Å². The van der Waals surface area contributed by atoms with Crippen LogP contribution in [0.5, 0.6) is 0 Å². The summed E-state index contributed by atoms with van der Waals surface area (Å²) >= 11 is 0. The summed E-state index contributed by atoms with van der Waals surface area (Å²) in [5.74, 6) is -0.261. The Morgan fingerprint density at radius 2 is 2.22 bits per heavy atom. The maximum atomic E-state index is 13.9. The molecule has 1 N–H and O–H groups in total. The fourth-order valence-corrected chi connectivity index (χ4v) is 3.10.